The Morgan fingerprint density at radius 3 is 2.45 bits per heavy atom. The standard InChI is InChI=1S/C20H18N2/c1-2-4-16(5-3-1)17-8-6-15(7-9-17)12-18-13-22-20-14-21-11-10-19(18)20/h1-10,13-14,21-22H,11-12H2. The molecule has 2 N–H and O–H groups in total. The Hall–Kier alpha value is -2.74. The fourth-order valence-electron chi connectivity index (χ4n) is 2.99. The molecule has 0 radical (unpaired) electrons. The van der Waals surface area contributed by atoms with Crippen molar-refractivity contribution >= 4 is 12.3 Å². The molecule has 2 nitrogen and oxygen atoms in total. The van der Waals surface area contributed by atoms with Crippen LogP contribution in [0.1, 0.15) is 11.1 Å². The molecule has 0 saturated carbocycles. The lowest BCUT2D eigenvalue weighted by atomic mass is 10.0. The van der Waals surface area contributed by atoms with Crippen LogP contribution in [0.2, 0.25) is 0 Å². The number of fused-ring (bicyclic) bond motifs is 1. The van der Waals surface area contributed by atoms with Crippen molar-refractivity contribution in [2.24, 2.45) is 0 Å². The second-order valence-electron chi connectivity index (χ2n) is 5.64. The van der Waals surface area contributed by atoms with Crippen molar-refractivity contribution in [3.63, 3.8) is 0 Å². The van der Waals surface area contributed by atoms with Crippen molar-refractivity contribution < 1.29 is 0 Å². The molecule has 0 aliphatic carbocycles. The molecule has 0 fully saturated rings. The summed E-state index contributed by atoms with van der Waals surface area (Å²) in [7, 11) is 0. The maximum Gasteiger partial charge on any atom is 0.0613 e. The molecule has 4 rings (SSSR count). The number of aromatic nitrogens is 1. The van der Waals surface area contributed by atoms with Crippen LogP contribution in [-0.2, 0) is 6.42 Å². The number of benzene rings is 2. The molecule has 2 aromatic carbocycles. The van der Waals surface area contributed by atoms with Crippen LogP contribution in [0.5, 0.6) is 0 Å². The normalized spacial score (nSPS) is 12.7. The minimum absolute atomic E-state index is 0.908. The number of H-pyrrole nitrogens is 1. The number of rotatable bonds is 3. The van der Waals surface area contributed by atoms with Crippen LogP contribution in [0.3, 0.4) is 0 Å². The molecule has 1 aromatic heterocycles. The highest BCUT2D eigenvalue weighted by molar-refractivity contribution is 5.63. The SMILES string of the molecule is C1=c2[nH]cc(Cc3ccc(-c4ccccc4)cc3)c2=CCN1. The van der Waals surface area contributed by atoms with Gasteiger partial charge in [-0.1, -0.05) is 60.7 Å². The zero-order valence-electron chi connectivity index (χ0n) is 12.3. The fourth-order valence-corrected chi connectivity index (χ4v) is 2.99. The molecule has 2 heteroatoms. The van der Waals surface area contributed by atoms with Crippen LogP contribution >= 0.6 is 0 Å². The van der Waals surface area contributed by atoms with Crippen molar-refractivity contribution in [2.45, 2.75) is 6.42 Å². The van der Waals surface area contributed by atoms with E-state index < -0.39 is 0 Å². The maximum absolute atomic E-state index is 3.33. The smallest absolute Gasteiger partial charge is 0.0613 e. The summed E-state index contributed by atoms with van der Waals surface area (Å²) in [6, 6.07) is 19.4. The van der Waals surface area contributed by atoms with Gasteiger partial charge in [0.2, 0.25) is 0 Å². The molecular weight excluding hydrogens is 268 g/mol. The van der Waals surface area contributed by atoms with Crippen LogP contribution in [0.25, 0.3) is 23.4 Å². The lowest BCUT2D eigenvalue weighted by molar-refractivity contribution is 1.04. The zero-order chi connectivity index (χ0) is 14.8. The van der Waals surface area contributed by atoms with Crippen molar-refractivity contribution in [3.8, 4) is 11.1 Å². The summed E-state index contributed by atoms with van der Waals surface area (Å²) in [5.41, 5.74) is 5.24. The number of aromatic amines is 1. The van der Waals surface area contributed by atoms with Gasteiger partial charge in [-0.2, -0.15) is 0 Å². The van der Waals surface area contributed by atoms with Gasteiger partial charge < -0.3 is 10.3 Å². The van der Waals surface area contributed by atoms with E-state index in [-0.39, 0.29) is 0 Å². The van der Waals surface area contributed by atoms with Gasteiger partial charge in [-0.05, 0) is 28.7 Å². The van der Waals surface area contributed by atoms with Crippen LogP contribution in [0.4, 0.5) is 0 Å². The second kappa shape index (κ2) is 5.57. The van der Waals surface area contributed by atoms with Gasteiger partial charge in [-0.3, -0.25) is 0 Å². The van der Waals surface area contributed by atoms with E-state index in [0.29, 0.717) is 0 Å². The molecule has 0 spiro atoms. The molecule has 0 saturated heterocycles. The lowest BCUT2D eigenvalue weighted by Crippen LogP contribution is -2.33. The largest absolute Gasteiger partial charge is 0.386 e. The van der Waals surface area contributed by atoms with E-state index in [0.717, 1.165) is 13.0 Å². The van der Waals surface area contributed by atoms with Gasteiger partial charge in [0.05, 0.1) is 5.35 Å². The van der Waals surface area contributed by atoms with Crippen LogP contribution in [0, 0.1) is 0 Å². The first-order valence-electron chi connectivity index (χ1n) is 7.64. The van der Waals surface area contributed by atoms with Gasteiger partial charge in [0.15, 0.2) is 0 Å². The minimum Gasteiger partial charge on any atom is -0.386 e. The third kappa shape index (κ3) is 2.44. The molecule has 0 atom stereocenters. The fraction of sp³-hybridized carbons (Fsp3) is 0.100. The Morgan fingerprint density at radius 1 is 0.864 bits per heavy atom. The summed E-state index contributed by atoms with van der Waals surface area (Å²) in [6.45, 7) is 0.908. The van der Waals surface area contributed by atoms with Crippen molar-refractivity contribution in [1.29, 1.82) is 0 Å². The van der Waals surface area contributed by atoms with E-state index >= 15 is 0 Å². The monoisotopic (exact) mass is 286 g/mol. The average Bonchev–Trinajstić information content (AvgIpc) is 3.00. The lowest BCUT2D eigenvalue weighted by Gasteiger charge is -2.05. The van der Waals surface area contributed by atoms with Gasteiger partial charge >= 0.3 is 0 Å². The Bertz CT molecular complexity index is 887. The van der Waals surface area contributed by atoms with Crippen molar-refractivity contribution in [3.05, 3.63) is 82.5 Å². The molecule has 22 heavy (non-hydrogen) atoms. The molecular formula is C20H18N2. The third-order valence-corrected chi connectivity index (χ3v) is 4.16. The molecule has 0 unspecified atom stereocenters. The van der Waals surface area contributed by atoms with Gasteiger partial charge in [0.1, 0.15) is 0 Å². The summed E-state index contributed by atoms with van der Waals surface area (Å²) in [4.78, 5) is 3.33. The second-order valence-corrected chi connectivity index (χ2v) is 5.64. The summed E-state index contributed by atoms with van der Waals surface area (Å²) in [6.07, 6.45) is 7.39. The summed E-state index contributed by atoms with van der Waals surface area (Å²) >= 11 is 0. The molecule has 0 amide bonds. The van der Waals surface area contributed by atoms with E-state index in [9.17, 15) is 0 Å². The van der Waals surface area contributed by atoms with Gasteiger partial charge in [0, 0.05) is 24.2 Å². The predicted octanol–water partition coefficient (Wildman–Crippen LogP) is 2.39. The van der Waals surface area contributed by atoms with Crippen molar-refractivity contribution in [2.75, 3.05) is 6.54 Å². The Morgan fingerprint density at radius 2 is 1.64 bits per heavy atom. The molecule has 3 aromatic rings. The minimum atomic E-state index is 0.908. The van der Waals surface area contributed by atoms with Gasteiger partial charge in [-0.15, -0.1) is 0 Å². The maximum atomic E-state index is 3.33. The molecule has 1 aliphatic rings. The van der Waals surface area contributed by atoms with E-state index in [1.807, 2.05) is 0 Å². The van der Waals surface area contributed by atoms with Crippen LogP contribution in [0.15, 0.2) is 60.8 Å². The summed E-state index contributed by atoms with van der Waals surface area (Å²) in [5, 5.41) is 5.75. The van der Waals surface area contributed by atoms with Gasteiger partial charge in [0.25, 0.3) is 0 Å². The first kappa shape index (κ1) is 13.0. The number of nitrogens with one attached hydrogen (secondary N) is 2. The highest BCUT2D eigenvalue weighted by atomic mass is 14.8. The molecule has 108 valence electrons. The molecule has 1 aliphatic heterocycles. The topological polar surface area (TPSA) is 27.8 Å². The Kier molecular flexibility index (Phi) is 3.28. The van der Waals surface area contributed by atoms with Crippen LogP contribution in [-0.4, -0.2) is 11.5 Å². The first-order valence-corrected chi connectivity index (χ1v) is 7.64. The highest BCUT2D eigenvalue weighted by Crippen LogP contribution is 2.19. The van der Waals surface area contributed by atoms with E-state index in [2.05, 4.69) is 83.4 Å². The molecule has 2 heterocycles. The summed E-state index contributed by atoms with van der Waals surface area (Å²) in [5.74, 6) is 0. The Balaban J connectivity index is 1.61. The quantitative estimate of drug-likeness (QED) is 0.760. The van der Waals surface area contributed by atoms with Gasteiger partial charge in [-0.25, -0.2) is 0 Å². The molecule has 0 bridgehead atoms. The Labute approximate surface area is 129 Å². The summed E-state index contributed by atoms with van der Waals surface area (Å²) < 4.78 is 0. The van der Waals surface area contributed by atoms with Crippen molar-refractivity contribution in [1.82, 2.24) is 10.3 Å². The van der Waals surface area contributed by atoms with Crippen LogP contribution < -0.4 is 15.9 Å². The first-order chi connectivity index (χ1) is 10.9. The predicted molar refractivity (Wildman–Crippen MR) is 91.7 cm³/mol. The number of hydrogen-bond acceptors (Lipinski definition) is 1. The van der Waals surface area contributed by atoms with E-state index in [1.54, 1.807) is 0 Å². The number of hydrogen-bond donors (Lipinski definition) is 2. The average molecular weight is 286 g/mol. The third-order valence-electron chi connectivity index (χ3n) is 4.16. The van der Waals surface area contributed by atoms with E-state index in [4.69, 9.17) is 0 Å². The zero-order valence-corrected chi connectivity index (χ0v) is 12.3. The highest BCUT2D eigenvalue weighted by Gasteiger charge is 2.04. The van der Waals surface area contributed by atoms with E-state index in [1.165, 1.54) is 32.8 Å².